The number of piperidine rings is 2. The van der Waals surface area contributed by atoms with Crippen LogP contribution in [-0.2, 0) is 4.79 Å². The first-order chi connectivity index (χ1) is 13.7. The zero-order chi connectivity index (χ0) is 19.3. The van der Waals surface area contributed by atoms with Gasteiger partial charge in [0.25, 0.3) is 0 Å². The second kappa shape index (κ2) is 8.59. The smallest absolute Gasteiger partial charge is 0.227 e. The van der Waals surface area contributed by atoms with E-state index in [1.54, 1.807) is 0 Å². The number of amides is 1. The van der Waals surface area contributed by atoms with Crippen LogP contribution in [0, 0.1) is 12.8 Å². The molecule has 1 aromatic carbocycles. The Labute approximate surface area is 167 Å². The van der Waals surface area contributed by atoms with Crippen molar-refractivity contribution in [3.63, 3.8) is 0 Å². The fourth-order valence-electron chi connectivity index (χ4n) is 4.10. The lowest BCUT2D eigenvalue weighted by Gasteiger charge is -2.33. The molecule has 3 heterocycles. The number of nitrogens with zero attached hydrogens (tertiary/aromatic N) is 4. The molecule has 1 amide bonds. The molecule has 0 spiro atoms. The molecule has 2 aliphatic heterocycles. The van der Waals surface area contributed by atoms with Gasteiger partial charge in [0.05, 0.1) is 18.1 Å². The van der Waals surface area contributed by atoms with Crippen molar-refractivity contribution in [3.05, 3.63) is 42.2 Å². The number of aryl methyl sites for hydroxylation is 1. The van der Waals surface area contributed by atoms with Crippen LogP contribution in [0.3, 0.4) is 0 Å². The van der Waals surface area contributed by atoms with Crippen LogP contribution in [0.25, 0.3) is 0 Å². The summed E-state index contributed by atoms with van der Waals surface area (Å²) in [5.41, 5.74) is 3.09. The van der Waals surface area contributed by atoms with Gasteiger partial charge in [-0.25, -0.2) is 9.97 Å². The molecule has 0 atom stereocenters. The summed E-state index contributed by atoms with van der Waals surface area (Å²) in [5.74, 6) is 1.03. The Morgan fingerprint density at radius 2 is 1.71 bits per heavy atom. The van der Waals surface area contributed by atoms with Crippen LogP contribution < -0.4 is 15.1 Å². The Balaban J connectivity index is 1.30. The molecule has 2 fully saturated rings. The molecule has 6 nitrogen and oxygen atoms in total. The topological polar surface area (TPSA) is 61.4 Å². The van der Waals surface area contributed by atoms with Crippen molar-refractivity contribution >= 4 is 23.2 Å². The Bertz CT molecular complexity index is 793. The molecule has 148 valence electrons. The van der Waals surface area contributed by atoms with E-state index in [2.05, 4.69) is 25.1 Å². The van der Waals surface area contributed by atoms with Crippen molar-refractivity contribution in [2.75, 3.05) is 41.3 Å². The zero-order valence-electron chi connectivity index (χ0n) is 16.6. The van der Waals surface area contributed by atoms with Crippen molar-refractivity contribution in [2.45, 2.75) is 39.0 Å². The van der Waals surface area contributed by atoms with Gasteiger partial charge in [0.2, 0.25) is 11.9 Å². The second-order valence-electron chi connectivity index (χ2n) is 7.91. The highest BCUT2D eigenvalue weighted by Crippen LogP contribution is 2.25. The van der Waals surface area contributed by atoms with E-state index in [0.29, 0.717) is 0 Å². The van der Waals surface area contributed by atoms with Crippen LogP contribution in [-0.4, -0.2) is 42.1 Å². The van der Waals surface area contributed by atoms with E-state index in [-0.39, 0.29) is 11.8 Å². The highest BCUT2D eigenvalue weighted by atomic mass is 16.1. The summed E-state index contributed by atoms with van der Waals surface area (Å²) in [4.78, 5) is 26.3. The van der Waals surface area contributed by atoms with E-state index in [0.717, 1.165) is 61.9 Å². The van der Waals surface area contributed by atoms with Crippen LogP contribution in [0.2, 0.25) is 0 Å². The minimum Gasteiger partial charge on any atom is -0.369 e. The Hall–Kier alpha value is -2.63. The average molecular weight is 380 g/mol. The second-order valence-corrected chi connectivity index (χ2v) is 7.91. The number of rotatable bonds is 4. The lowest BCUT2D eigenvalue weighted by Crippen LogP contribution is -2.38. The van der Waals surface area contributed by atoms with Gasteiger partial charge >= 0.3 is 0 Å². The molecule has 0 bridgehead atoms. The minimum atomic E-state index is 0.0605. The molecule has 2 saturated heterocycles. The van der Waals surface area contributed by atoms with Crippen LogP contribution in [0.1, 0.15) is 37.7 Å². The first-order valence-corrected chi connectivity index (χ1v) is 10.4. The Morgan fingerprint density at radius 3 is 2.39 bits per heavy atom. The minimum absolute atomic E-state index is 0.0605. The molecular formula is C22H29N5O. The molecule has 0 radical (unpaired) electrons. The number of benzene rings is 1. The number of carbonyl (C=O) groups is 1. The maximum absolute atomic E-state index is 12.6. The van der Waals surface area contributed by atoms with E-state index in [4.69, 9.17) is 0 Å². The molecule has 6 heteroatoms. The van der Waals surface area contributed by atoms with Gasteiger partial charge in [-0.2, -0.15) is 0 Å². The largest absolute Gasteiger partial charge is 0.369 e. The standard InChI is InChI=1S/C22H29N5O/c1-17-6-5-7-19(14-17)25-21(28)18-8-12-26(13-9-18)20-15-23-22(24-16-20)27-10-3-2-4-11-27/h5-7,14-16,18H,2-4,8-13H2,1H3,(H,25,28). The van der Waals surface area contributed by atoms with Gasteiger partial charge in [-0.05, 0) is 56.7 Å². The van der Waals surface area contributed by atoms with Gasteiger partial charge in [0, 0.05) is 37.8 Å². The molecule has 0 unspecified atom stereocenters. The van der Waals surface area contributed by atoms with Crippen molar-refractivity contribution in [1.82, 2.24) is 9.97 Å². The van der Waals surface area contributed by atoms with Crippen molar-refractivity contribution < 1.29 is 4.79 Å². The summed E-state index contributed by atoms with van der Waals surface area (Å²) in [6.45, 7) is 5.87. The van der Waals surface area contributed by atoms with Crippen LogP contribution in [0.4, 0.5) is 17.3 Å². The highest BCUT2D eigenvalue weighted by Gasteiger charge is 2.25. The molecule has 1 aromatic heterocycles. The first kappa shape index (κ1) is 18.7. The van der Waals surface area contributed by atoms with Gasteiger partial charge in [0.15, 0.2) is 0 Å². The molecule has 28 heavy (non-hydrogen) atoms. The monoisotopic (exact) mass is 379 g/mol. The molecule has 2 aliphatic rings. The number of hydrogen-bond donors (Lipinski definition) is 1. The molecule has 0 aliphatic carbocycles. The number of carbonyl (C=O) groups excluding carboxylic acids is 1. The number of anilines is 3. The third-order valence-electron chi connectivity index (χ3n) is 5.78. The SMILES string of the molecule is Cc1cccc(NC(=O)C2CCN(c3cnc(N4CCCCC4)nc3)CC2)c1. The van der Waals surface area contributed by atoms with Gasteiger partial charge in [-0.3, -0.25) is 4.79 Å². The van der Waals surface area contributed by atoms with Crippen molar-refractivity contribution in [1.29, 1.82) is 0 Å². The number of aromatic nitrogens is 2. The van der Waals surface area contributed by atoms with Gasteiger partial charge in [0.1, 0.15) is 0 Å². The molecule has 2 aromatic rings. The number of hydrogen-bond acceptors (Lipinski definition) is 5. The molecule has 4 rings (SSSR count). The van der Waals surface area contributed by atoms with Gasteiger partial charge in [-0.15, -0.1) is 0 Å². The van der Waals surface area contributed by atoms with E-state index < -0.39 is 0 Å². The summed E-state index contributed by atoms with van der Waals surface area (Å²) in [7, 11) is 0. The quantitative estimate of drug-likeness (QED) is 0.879. The third-order valence-corrected chi connectivity index (χ3v) is 5.78. The Kier molecular flexibility index (Phi) is 5.74. The predicted octanol–water partition coefficient (Wildman–Crippen LogP) is 3.63. The fraction of sp³-hybridized carbons (Fsp3) is 0.500. The predicted molar refractivity (Wildman–Crippen MR) is 113 cm³/mol. The summed E-state index contributed by atoms with van der Waals surface area (Å²) >= 11 is 0. The van der Waals surface area contributed by atoms with Crippen molar-refractivity contribution in [2.24, 2.45) is 5.92 Å². The molecule has 1 N–H and O–H groups in total. The Morgan fingerprint density at radius 1 is 1.00 bits per heavy atom. The summed E-state index contributed by atoms with van der Waals surface area (Å²) in [6.07, 6.45) is 9.33. The summed E-state index contributed by atoms with van der Waals surface area (Å²) < 4.78 is 0. The maximum Gasteiger partial charge on any atom is 0.227 e. The lowest BCUT2D eigenvalue weighted by atomic mass is 9.95. The van der Waals surface area contributed by atoms with E-state index in [1.807, 2.05) is 43.6 Å². The average Bonchev–Trinajstić information content (AvgIpc) is 2.75. The highest BCUT2D eigenvalue weighted by molar-refractivity contribution is 5.92. The van der Waals surface area contributed by atoms with E-state index in [9.17, 15) is 4.79 Å². The zero-order valence-corrected chi connectivity index (χ0v) is 16.6. The normalized spacial score (nSPS) is 18.2. The van der Waals surface area contributed by atoms with Crippen LogP contribution in [0.5, 0.6) is 0 Å². The molecular weight excluding hydrogens is 350 g/mol. The third kappa shape index (κ3) is 4.43. The first-order valence-electron chi connectivity index (χ1n) is 10.4. The van der Waals surface area contributed by atoms with Crippen LogP contribution in [0.15, 0.2) is 36.7 Å². The van der Waals surface area contributed by atoms with E-state index >= 15 is 0 Å². The van der Waals surface area contributed by atoms with Crippen LogP contribution >= 0.6 is 0 Å². The van der Waals surface area contributed by atoms with Crippen molar-refractivity contribution in [3.8, 4) is 0 Å². The fourth-order valence-corrected chi connectivity index (χ4v) is 4.10. The van der Waals surface area contributed by atoms with Gasteiger partial charge in [-0.1, -0.05) is 12.1 Å². The summed E-state index contributed by atoms with van der Waals surface area (Å²) in [6, 6.07) is 7.96. The maximum atomic E-state index is 12.6. The number of nitrogens with one attached hydrogen (secondary N) is 1. The van der Waals surface area contributed by atoms with E-state index in [1.165, 1.54) is 19.3 Å². The molecule has 0 saturated carbocycles. The lowest BCUT2D eigenvalue weighted by molar-refractivity contribution is -0.120. The van der Waals surface area contributed by atoms with Gasteiger partial charge < -0.3 is 15.1 Å². The summed E-state index contributed by atoms with van der Waals surface area (Å²) in [5, 5.41) is 3.06.